The standard InChI is InChI=1S/C19H15FN2O3S2/c20-13-3-1-12(2-4-13)15-10-26-19(22-15)27-11-18(23)21-14-5-6-16-17(9-14)25-8-7-24-16/h1-6,9-10H,7-8,11H2,(H,21,23). The highest BCUT2D eigenvalue weighted by Crippen LogP contribution is 2.33. The number of aromatic nitrogens is 1. The summed E-state index contributed by atoms with van der Waals surface area (Å²) >= 11 is 2.82. The minimum atomic E-state index is -0.278. The Labute approximate surface area is 163 Å². The number of halogens is 1. The predicted molar refractivity (Wildman–Crippen MR) is 104 cm³/mol. The summed E-state index contributed by atoms with van der Waals surface area (Å²) in [6.07, 6.45) is 0. The zero-order valence-electron chi connectivity index (χ0n) is 14.1. The van der Waals surface area contributed by atoms with Gasteiger partial charge in [-0.2, -0.15) is 0 Å². The summed E-state index contributed by atoms with van der Waals surface area (Å²) in [5.41, 5.74) is 2.28. The number of anilines is 1. The van der Waals surface area contributed by atoms with Crippen molar-refractivity contribution in [1.82, 2.24) is 4.98 Å². The van der Waals surface area contributed by atoms with Crippen LogP contribution in [0, 0.1) is 5.82 Å². The van der Waals surface area contributed by atoms with E-state index in [1.807, 2.05) is 5.38 Å². The number of carbonyl (C=O) groups is 1. The molecule has 8 heteroatoms. The molecule has 1 aliphatic rings. The maximum absolute atomic E-state index is 13.0. The van der Waals surface area contributed by atoms with Gasteiger partial charge < -0.3 is 14.8 Å². The number of fused-ring (bicyclic) bond motifs is 1. The molecule has 0 saturated heterocycles. The van der Waals surface area contributed by atoms with Crippen molar-refractivity contribution >= 4 is 34.7 Å². The molecule has 5 nitrogen and oxygen atoms in total. The maximum Gasteiger partial charge on any atom is 0.234 e. The third kappa shape index (κ3) is 4.40. The van der Waals surface area contributed by atoms with Crippen LogP contribution in [0.4, 0.5) is 10.1 Å². The minimum absolute atomic E-state index is 0.129. The molecule has 1 aromatic heterocycles. The normalized spacial score (nSPS) is 12.6. The summed E-state index contributed by atoms with van der Waals surface area (Å²) in [6, 6.07) is 11.5. The second-order valence-electron chi connectivity index (χ2n) is 5.70. The molecule has 3 aromatic rings. The number of nitrogens with one attached hydrogen (secondary N) is 1. The van der Waals surface area contributed by atoms with Crippen LogP contribution in [-0.2, 0) is 4.79 Å². The van der Waals surface area contributed by atoms with E-state index < -0.39 is 0 Å². The Bertz CT molecular complexity index is 960. The molecule has 0 unspecified atom stereocenters. The van der Waals surface area contributed by atoms with E-state index in [0.29, 0.717) is 30.4 Å². The second kappa shape index (κ2) is 7.98. The summed E-state index contributed by atoms with van der Waals surface area (Å²) in [4.78, 5) is 16.7. The Balaban J connectivity index is 1.34. The topological polar surface area (TPSA) is 60.5 Å². The van der Waals surface area contributed by atoms with Crippen LogP contribution in [0.1, 0.15) is 0 Å². The van der Waals surface area contributed by atoms with E-state index >= 15 is 0 Å². The van der Waals surface area contributed by atoms with Gasteiger partial charge in [-0.15, -0.1) is 11.3 Å². The zero-order chi connectivity index (χ0) is 18.6. The number of thiazole rings is 1. The Hall–Kier alpha value is -2.58. The molecule has 1 amide bonds. The summed E-state index contributed by atoms with van der Waals surface area (Å²) in [6.45, 7) is 1.03. The smallest absolute Gasteiger partial charge is 0.234 e. The predicted octanol–water partition coefficient (Wildman–Crippen LogP) is 4.45. The third-order valence-corrected chi connectivity index (χ3v) is 5.80. The van der Waals surface area contributed by atoms with Crippen molar-refractivity contribution in [3.05, 3.63) is 53.7 Å². The van der Waals surface area contributed by atoms with Gasteiger partial charge in [0.05, 0.1) is 11.4 Å². The van der Waals surface area contributed by atoms with E-state index in [2.05, 4.69) is 10.3 Å². The van der Waals surface area contributed by atoms with Crippen molar-refractivity contribution in [1.29, 1.82) is 0 Å². The van der Waals surface area contributed by atoms with Crippen LogP contribution in [0.25, 0.3) is 11.3 Å². The van der Waals surface area contributed by atoms with Crippen LogP contribution in [-0.4, -0.2) is 29.9 Å². The van der Waals surface area contributed by atoms with E-state index in [-0.39, 0.29) is 17.5 Å². The fourth-order valence-electron chi connectivity index (χ4n) is 2.52. The van der Waals surface area contributed by atoms with Crippen LogP contribution >= 0.6 is 23.1 Å². The highest BCUT2D eigenvalue weighted by molar-refractivity contribution is 8.01. The van der Waals surface area contributed by atoms with Gasteiger partial charge in [0.1, 0.15) is 19.0 Å². The minimum Gasteiger partial charge on any atom is -0.486 e. The molecule has 0 fully saturated rings. The quantitative estimate of drug-likeness (QED) is 0.639. The fourth-order valence-corrected chi connectivity index (χ4v) is 4.16. The van der Waals surface area contributed by atoms with E-state index in [1.165, 1.54) is 35.2 Å². The first kappa shape index (κ1) is 17.8. The van der Waals surface area contributed by atoms with Crippen molar-refractivity contribution < 1.29 is 18.7 Å². The zero-order valence-corrected chi connectivity index (χ0v) is 15.7. The number of hydrogen-bond donors (Lipinski definition) is 1. The van der Waals surface area contributed by atoms with Crippen molar-refractivity contribution in [2.24, 2.45) is 0 Å². The highest BCUT2D eigenvalue weighted by atomic mass is 32.2. The molecule has 1 aliphatic heterocycles. The largest absolute Gasteiger partial charge is 0.486 e. The van der Waals surface area contributed by atoms with Gasteiger partial charge in [-0.3, -0.25) is 4.79 Å². The monoisotopic (exact) mass is 402 g/mol. The van der Waals surface area contributed by atoms with Gasteiger partial charge in [0.2, 0.25) is 5.91 Å². The number of ether oxygens (including phenoxy) is 2. The Kier molecular flexibility index (Phi) is 5.26. The molecule has 0 atom stereocenters. The fraction of sp³-hybridized carbons (Fsp3) is 0.158. The highest BCUT2D eigenvalue weighted by Gasteiger charge is 2.13. The number of hydrogen-bond acceptors (Lipinski definition) is 6. The Morgan fingerprint density at radius 3 is 2.74 bits per heavy atom. The number of rotatable bonds is 5. The van der Waals surface area contributed by atoms with Gasteiger partial charge in [-0.1, -0.05) is 11.8 Å². The number of thioether (sulfide) groups is 1. The molecule has 0 saturated carbocycles. The molecule has 138 valence electrons. The van der Waals surface area contributed by atoms with Gasteiger partial charge in [-0.05, 0) is 36.4 Å². The van der Waals surface area contributed by atoms with E-state index in [0.717, 1.165) is 15.6 Å². The van der Waals surface area contributed by atoms with Crippen LogP contribution in [0.5, 0.6) is 11.5 Å². The van der Waals surface area contributed by atoms with Crippen LogP contribution < -0.4 is 14.8 Å². The Morgan fingerprint density at radius 1 is 1.15 bits per heavy atom. The molecular formula is C19H15FN2O3S2. The molecule has 0 radical (unpaired) electrons. The van der Waals surface area contributed by atoms with Gasteiger partial charge in [0.25, 0.3) is 0 Å². The molecule has 0 aliphatic carbocycles. The molecule has 27 heavy (non-hydrogen) atoms. The lowest BCUT2D eigenvalue weighted by Gasteiger charge is -2.18. The SMILES string of the molecule is O=C(CSc1nc(-c2ccc(F)cc2)cs1)Nc1ccc2c(c1)OCCO2. The van der Waals surface area contributed by atoms with Crippen molar-refractivity contribution in [3.8, 4) is 22.8 Å². The summed E-state index contributed by atoms with van der Waals surface area (Å²) in [7, 11) is 0. The molecular weight excluding hydrogens is 387 g/mol. The number of benzene rings is 2. The molecule has 1 N–H and O–H groups in total. The maximum atomic E-state index is 13.0. The van der Waals surface area contributed by atoms with Crippen molar-refractivity contribution in [2.45, 2.75) is 4.34 Å². The number of carbonyl (C=O) groups excluding carboxylic acids is 1. The molecule has 4 rings (SSSR count). The van der Waals surface area contributed by atoms with Gasteiger partial charge in [0.15, 0.2) is 15.8 Å². The number of amides is 1. The third-order valence-electron chi connectivity index (χ3n) is 3.78. The van der Waals surface area contributed by atoms with E-state index in [4.69, 9.17) is 9.47 Å². The lowest BCUT2D eigenvalue weighted by molar-refractivity contribution is -0.113. The molecule has 2 aromatic carbocycles. The average Bonchev–Trinajstić information content (AvgIpc) is 3.16. The first-order valence-electron chi connectivity index (χ1n) is 8.21. The Morgan fingerprint density at radius 2 is 1.93 bits per heavy atom. The van der Waals surface area contributed by atoms with Crippen LogP contribution in [0.3, 0.4) is 0 Å². The first-order valence-corrected chi connectivity index (χ1v) is 10.1. The molecule has 0 spiro atoms. The summed E-state index contributed by atoms with van der Waals surface area (Å²) in [5.74, 6) is 1.15. The summed E-state index contributed by atoms with van der Waals surface area (Å²) in [5, 5.41) is 4.74. The lowest BCUT2D eigenvalue weighted by atomic mass is 10.2. The average molecular weight is 402 g/mol. The van der Waals surface area contributed by atoms with Gasteiger partial charge in [0, 0.05) is 22.7 Å². The molecule has 0 bridgehead atoms. The van der Waals surface area contributed by atoms with E-state index in [9.17, 15) is 9.18 Å². The van der Waals surface area contributed by atoms with Crippen molar-refractivity contribution in [2.75, 3.05) is 24.3 Å². The van der Waals surface area contributed by atoms with Crippen LogP contribution in [0.15, 0.2) is 52.2 Å². The van der Waals surface area contributed by atoms with E-state index in [1.54, 1.807) is 30.3 Å². The number of nitrogens with zero attached hydrogens (tertiary/aromatic N) is 1. The van der Waals surface area contributed by atoms with Crippen LogP contribution in [0.2, 0.25) is 0 Å². The summed E-state index contributed by atoms with van der Waals surface area (Å²) < 4.78 is 24.8. The van der Waals surface area contributed by atoms with Gasteiger partial charge in [-0.25, -0.2) is 9.37 Å². The first-order chi connectivity index (χ1) is 13.2. The van der Waals surface area contributed by atoms with Gasteiger partial charge >= 0.3 is 0 Å². The van der Waals surface area contributed by atoms with Crippen molar-refractivity contribution in [3.63, 3.8) is 0 Å². The second-order valence-corrected chi connectivity index (χ2v) is 7.78. The lowest BCUT2D eigenvalue weighted by Crippen LogP contribution is -2.17. The molecule has 2 heterocycles.